The first-order valence-corrected chi connectivity index (χ1v) is 7.45. The lowest BCUT2D eigenvalue weighted by molar-refractivity contribution is 0.541. The van der Waals surface area contributed by atoms with E-state index < -0.39 is 0 Å². The van der Waals surface area contributed by atoms with E-state index in [9.17, 15) is 5.26 Å². The summed E-state index contributed by atoms with van der Waals surface area (Å²) in [5.74, 6) is 0.999. The molecule has 0 spiro atoms. The van der Waals surface area contributed by atoms with Gasteiger partial charge < -0.3 is 4.57 Å². The zero-order valence-electron chi connectivity index (χ0n) is 11.5. The van der Waals surface area contributed by atoms with Crippen LogP contribution in [-0.2, 0) is 19.9 Å². The first-order valence-electron chi connectivity index (χ1n) is 6.66. The van der Waals surface area contributed by atoms with Crippen molar-refractivity contribution in [3.05, 3.63) is 46.5 Å². The van der Waals surface area contributed by atoms with Crippen LogP contribution in [0.25, 0.3) is 0 Å². The fraction of sp³-hybridized carbons (Fsp3) is 0.400. The Hall–Kier alpha value is -1.67. The first-order chi connectivity index (χ1) is 9.69. The Kier molecular flexibility index (Phi) is 5.31. The number of aryl methyl sites for hydroxylation is 3. The molecule has 0 bridgehead atoms. The summed E-state index contributed by atoms with van der Waals surface area (Å²) in [5, 5.41) is 17.2. The van der Waals surface area contributed by atoms with E-state index in [0.29, 0.717) is 0 Å². The van der Waals surface area contributed by atoms with Gasteiger partial charge in [-0.3, -0.25) is 0 Å². The van der Waals surface area contributed by atoms with E-state index in [1.54, 1.807) is 6.33 Å². The number of nitriles is 1. The number of hydrogen-bond acceptors (Lipinski definition) is 3. The third kappa shape index (κ3) is 4.17. The van der Waals surface area contributed by atoms with Crippen LogP contribution in [0.4, 0.5) is 0 Å². The molecule has 2 rings (SSSR count). The maximum atomic E-state index is 9.25. The standard InChI is InChI=1S/C15H17BrN4/c1-20-11-18-19-15(20)8-7-13(10-17)6-5-12-3-2-4-14(16)9-12/h2-4,9,11,13H,5-8H2,1H3/t13-/m0/s1. The number of aromatic nitrogens is 3. The third-order valence-electron chi connectivity index (χ3n) is 3.37. The zero-order valence-corrected chi connectivity index (χ0v) is 13.0. The van der Waals surface area contributed by atoms with Crippen LogP contribution in [0.15, 0.2) is 35.1 Å². The molecule has 0 saturated heterocycles. The molecule has 0 unspecified atom stereocenters. The number of benzene rings is 1. The average molecular weight is 333 g/mol. The van der Waals surface area contributed by atoms with E-state index in [2.05, 4.69) is 44.3 Å². The zero-order chi connectivity index (χ0) is 14.4. The minimum Gasteiger partial charge on any atom is -0.321 e. The molecule has 0 aliphatic rings. The number of hydrogen-bond donors (Lipinski definition) is 0. The molecule has 4 nitrogen and oxygen atoms in total. The van der Waals surface area contributed by atoms with Crippen LogP contribution in [0.5, 0.6) is 0 Å². The van der Waals surface area contributed by atoms with Gasteiger partial charge in [-0.15, -0.1) is 10.2 Å². The number of rotatable bonds is 6. The van der Waals surface area contributed by atoms with Gasteiger partial charge in [-0.05, 0) is 37.0 Å². The monoisotopic (exact) mass is 332 g/mol. The van der Waals surface area contributed by atoms with Crippen molar-refractivity contribution in [3.63, 3.8) is 0 Å². The van der Waals surface area contributed by atoms with Crippen molar-refractivity contribution in [2.24, 2.45) is 13.0 Å². The molecule has 5 heteroatoms. The molecule has 1 aromatic heterocycles. The van der Waals surface area contributed by atoms with E-state index in [1.165, 1.54) is 5.56 Å². The molecule has 0 radical (unpaired) electrons. The van der Waals surface area contributed by atoms with Crippen molar-refractivity contribution in [2.75, 3.05) is 0 Å². The highest BCUT2D eigenvalue weighted by Crippen LogP contribution is 2.17. The Bertz CT molecular complexity index is 600. The molecule has 0 N–H and O–H groups in total. The molecule has 0 fully saturated rings. The van der Waals surface area contributed by atoms with Gasteiger partial charge in [0.05, 0.1) is 6.07 Å². The van der Waals surface area contributed by atoms with Crippen LogP contribution in [0.3, 0.4) is 0 Å². The Labute approximate surface area is 127 Å². The summed E-state index contributed by atoms with van der Waals surface area (Å²) in [6, 6.07) is 10.6. The summed E-state index contributed by atoms with van der Waals surface area (Å²) >= 11 is 3.47. The van der Waals surface area contributed by atoms with Gasteiger partial charge in [0, 0.05) is 23.9 Å². The van der Waals surface area contributed by atoms with E-state index in [1.807, 2.05) is 23.7 Å². The lowest BCUT2D eigenvalue weighted by Gasteiger charge is -2.09. The largest absolute Gasteiger partial charge is 0.321 e. The van der Waals surface area contributed by atoms with Crippen LogP contribution in [0.1, 0.15) is 24.2 Å². The van der Waals surface area contributed by atoms with Gasteiger partial charge in [0.2, 0.25) is 0 Å². The smallest absolute Gasteiger partial charge is 0.132 e. The van der Waals surface area contributed by atoms with Crippen LogP contribution in [-0.4, -0.2) is 14.8 Å². The molecule has 0 aliphatic heterocycles. The third-order valence-corrected chi connectivity index (χ3v) is 3.87. The Morgan fingerprint density at radius 2 is 2.15 bits per heavy atom. The van der Waals surface area contributed by atoms with Gasteiger partial charge in [0.1, 0.15) is 12.2 Å². The molecule has 1 atom stereocenters. The molecule has 1 heterocycles. The second-order valence-electron chi connectivity index (χ2n) is 4.89. The normalized spacial score (nSPS) is 12.1. The second-order valence-corrected chi connectivity index (χ2v) is 5.81. The summed E-state index contributed by atoms with van der Waals surface area (Å²) in [6.07, 6.45) is 5.13. The minimum absolute atomic E-state index is 0.0608. The molecule has 0 amide bonds. The Morgan fingerprint density at radius 3 is 2.80 bits per heavy atom. The molecule has 0 saturated carbocycles. The van der Waals surface area contributed by atoms with Crippen LogP contribution < -0.4 is 0 Å². The van der Waals surface area contributed by atoms with Crippen molar-refractivity contribution in [3.8, 4) is 6.07 Å². The van der Waals surface area contributed by atoms with Gasteiger partial charge in [-0.2, -0.15) is 5.26 Å². The molecular weight excluding hydrogens is 316 g/mol. The fourth-order valence-corrected chi connectivity index (χ4v) is 2.59. The van der Waals surface area contributed by atoms with E-state index >= 15 is 0 Å². The molecule has 1 aromatic carbocycles. The highest BCUT2D eigenvalue weighted by Gasteiger charge is 2.10. The summed E-state index contributed by atoms with van der Waals surface area (Å²) in [4.78, 5) is 0. The highest BCUT2D eigenvalue weighted by atomic mass is 79.9. The van der Waals surface area contributed by atoms with Crippen LogP contribution in [0, 0.1) is 17.2 Å². The first kappa shape index (κ1) is 14.7. The van der Waals surface area contributed by atoms with Crippen molar-refractivity contribution in [1.82, 2.24) is 14.8 Å². The molecule has 2 aromatic rings. The van der Waals surface area contributed by atoms with Crippen LogP contribution >= 0.6 is 15.9 Å². The van der Waals surface area contributed by atoms with Crippen LogP contribution in [0.2, 0.25) is 0 Å². The van der Waals surface area contributed by atoms with Crippen molar-refractivity contribution < 1.29 is 0 Å². The van der Waals surface area contributed by atoms with Gasteiger partial charge in [-0.25, -0.2) is 0 Å². The van der Waals surface area contributed by atoms with Gasteiger partial charge in [-0.1, -0.05) is 28.1 Å². The van der Waals surface area contributed by atoms with E-state index in [0.717, 1.165) is 36.0 Å². The Morgan fingerprint density at radius 1 is 1.35 bits per heavy atom. The maximum Gasteiger partial charge on any atom is 0.132 e. The molecule has 0 aliphatic carbocycles. The van der Waals surface area contributed by atoms with Crippen molar-refractivity contribution >= 4 is 15.9 Å². The number of halogens is 1. The highest BCUT2D eigenvalue weighted by molar-refractivity contribution is 9.10. The Balaban J connectivity index is 1.84. The van der Waals surface area contributed by atoms with Crippen molar-refractivity contribution in [1.29, 1.82) is 5.26 Å². The summed E-state index contributed by atoms with van der Waals surface area (Å²) in [5.41, 5.74) is 1.26. The van der Waals surface area contributed by atoms with E-state index in [-0.39, 0.29) is 5.92 Å². The summed E-state index contributed by atoms with van der Waals surface area (Å²) in [6.45, 7) is 0. The van der Waals surface area contributed by atoms with Gasteiger partial charge in [0.15, 0.2) is 0 Å². The van der Waals surface area contributed by atoms with Gasteiger partial charge >= 0.3 is 0 Å². The predicted molar refractivity (Wildman–Crippen MR) is 80.9 cm³/mol. The lowest BCUT2D eigenvalue weighted by Crippen LogP contribution is -2.05. The topological polar surface area (TPSA) is 54.5 Å². The molecule has 104 valence electrons. The minimum atomic E-state index is 0.0608. The fourth-order valence-electron chi connectivity index (χ4n) is 2.14. The quantitative estimate of drug-likeness (QED) is 0.815. The second kappa shape index (κ2) is 7.20. The predicted octanol–water partition coefficient (Wildman–Crippen LogP) is 3.28. The summed E-state index contributed by atoms with van der Waals surface area (Å²) < 4.78 is 2.99. The SMILES string of the molecule is Cn1cnnc1CC[C@@H](C#N)CCc1cccc(Br)c1. The maximum absolute atomic E-state index is 9.25. The number of nitrogens with zero attached hydrogens (tertiary/aromatic N) is 4. The molecule has 20 heavy (non-hydrogen) atoms. The van der Waals surface area contributed by atoms with Crippen molar-refractivity contribution in [2.45, 2.75) is 25.7 Å². The van der Waals surface area contributed by atoms with E-state index in [4.69, 9.17) is 0 Å². The lowest BCUT2D eigenvalue weighted by atomic mass is 9.96. The van der Waals surface area contributed by atoms with Gasteiger partial charge in [0.25, 0.3) is 0 Å². The summed E-state index contributed by atoms with van der Waals surface area (Å²) in [7, 11) is 1.93. The average Bonchev–Trinajstić information content (AvgIpc) is 2.85. The molecular formula is C15H17BrN4.